The lowest BCUT2D eigenvalue weighted by atomic mass is 9.81. The molecule has 2 aromatic heterocycles. The van der Waals surface area contributed by atoms with E-state index in [2.05, 4.69) is 202 Å². The molecule has 0 radical (unpaired) electrons. The summed E-state index contributed by atoms with van der Waals surface area (Å²) in [4.78, 5) is 15.9. The van der Waals surface area contributed by atoms with Gasteiger partial charge in [0.2, 0.25) is 0 Å². The minimum absolute atomic E-state index is 0.0470. The Morgan fingerprint density at radius 3 is 1.73 bits per heavy atom. The SMILES string of the molecule is CC1(C)c2ccccc2-c2ccc(-c3ccc4cc(-c5nc(-c6ccc(-c7ccccc7)c7ccccc67)nc(-c6cccc7c6sc6ccccc67)n5)ccc4c3)cc21. The largest absolute Gasteiger partial charge is 0.208 e. The van der Waals surface area contributed by atoms with Crippen molar-refractivity contribution in [1.82, 2.24) is 15.0 Å². The molecule has 282 valence electrons. The van der Waals surface area contributed by atoms with E-state index < -0.39 is 0 Å². The van der Waals surface area contributed by atoms with E-state index in [1.54, 1.807) is 11.3 Å². The lowest BCUT2D eigenvalue weighted by Gasteiger charge is -2.22. The maximum Gasteiger partial charge on any atom is 0.165 e. The van der Waals surface area contributed by atoms with Gasteiger partial charge in [0.25, 0.3) is 0 Å². The summed E-state index contributed by atoms with van der Waals surface area (Å²) in [5.74, 6) is 1.97. The third kappa shape index (κ3) is 5.45. The first-order chi connectivity index (χ1) is 29.5. The molecular weight excluding hydrogens is 747 g/mol. The number of rotatable bonds is 5. The summed E-state index contributed by atoms with van der Waals surface area (Å²) in [5.41, 5.74) is 13.1. The number of hydrogen-bond donors (Lipinski definition) is 0. The van der Waals surface area contributed by atoms with Crippen molar-refractivity contribution in [2.45, 2.75) is 19.3 Å². The van der Waals surface area contributed by atoms with Crippen molar-refractivity contribution in [3.8, 4) is 67.5 Å². The smallest absolute Gasteiger partial charge is 0.165 e. The molecule has 0 saturated heterocycles. The van der Waals surface area contributed by atoms with Crippen LogP contribution < -0.4 is 0 Å². The third-order valence-electron chi connectivity index (χ3n) is 12.5. The molecule has 12 rings (SSSR count). The van der Waals surface area contributed by atoms with E-state index in [1.165, 1.54) is 70.1 Å². The van der Waals surface area contributed by atoms with Gasteiger partial charge in [-0.1, -0.05) is 166 Å². The predicted octanol–water partition coefficient (Wildman–Crippen LogP) is 15.2. The highest BCUT2D eigenvalue weighted by Gasteiger charge is 2.35. The van der Waals surface area contributed by atoms with Gasteiger partial charge in [0.15, 0.2) is 17.5 Å². The topological polar surface area (TPSA) is 38.7 Å². The first-order valence-corrected chi connectivity index (χ1v) is 21.3. The zero-order valence-corrected chi connectivity index (χ0v) is 34.0. The van der Waals surface area contributed by atoms with Crippen molar-refractivity contribution < 1.29 is 0 Å². The Labute approximate surface area is 352 Å². The fraction of sp³-hybridized carbons (Fsp3) is 0.0536. The normalized spacial score (nSPS) is 13.0. The number of hydrogen-bond acceptors (Lipinski definition) is 4. The van der Waals surface area contributed by atoms with Crippen LogP contribution in [0.4, 0.5) is 0 Å². The second-order valence-electron chi connectivity index (χ2n) is 16.4. The summed E-state index contributed by atoms with van der Waals surface area (Å²) in [7, 11) is 0. The molecule has 1 aliphatic rings. The summed E-state index contributed by atoms with van der Waals surface area (Å²) in [5, 5.41) is 7.04. The van der Waals surface area contributed by atoms with E-state index in [9.17, 15) is 0 Å². The van der Waals surface area contributed by atoms with Crippen molar-refractivity contribution in [2.75, 3.05) is 0 Å². The molecule has 1 aliphatic carbocycles. The Morgan fingerprint density at radius 1 is 0.350 bits per heavy atom. The molecule has 0 N–H and O–H groups in total. The second kappa shape index (κ2) is 13.4. The molecule has 0 fully saturated rings. The highest BCUT2D eigenvalue weighted by atomic mass is 32.1. The predicted molar refractivity (Wildman–Crippen MR) is 252 cm³/mol. The van der Waals surface area contributed by atoms with Crippen LogP contribution in [0.1, 0.15) is 25.0 Å². The van der Waals surface area contributed by atoms with Crippen LogP contribution in [-0.4, -0.2) is 15.0 Å². The van der Waals surface area contributed by atoms with Crippen molar-refractivity contribution >= 4 is 53.1 Å². The van der Waals surface area contributed by atoms with E-state index in [4.69, 9.17) is 15.0 Å². The summed E-state index contributed by atoms with van der Waals surface area (Å²) in [6, 6.07) is 67.8. The Kier molecular flexibility index (Phi) is 7.75. The lowest BCUT2D eigenvalue weighted by molar-refractivity contribution is 0.660. The van der Waals surface area contributed by atoms with Gasteiger partial charge in [-0.15, -0.1) is 11.3 Å². The van der Waals surface area contributed by atoms with Crippen molar-refractivity contribution in [3.05, 3.63) is 199 Å². The first kappa shape index (κ1) is 34.7. The second-order valence-corrected chi connectivity index (χ2v) is 17.4. The van der Waals surface area contributed by atoms with Crippen LogP contribution in [0.15, 0.2) is 188 Å². The van der Waals surface area contributed by atoms with E-state index in [0.29, 0.717) is 17.5 Å². The summed E-state index contributed by atoms with van der Waals surface area (Å²) < 4.78 is 2.43. The van der Waals surface area contributed by atoms with Crippen molar-refractivity contribution in [2.24, 2.45) is 0 Å². The molecule has 0 atom stereocenters. The number of aromatic nitrogens is 3. The fourth-order valence-corrected chi connectivity index (χ4v) is 10.7. The van der Waals surface area contributed by atoms with Crippen LogP contribution >= 0.6 is 11.3 Å². The lowest BCUT2D eigenvalue weighted by Crippen LogP contribution is -2.14. The van der Waals surface area contributed by atoms with Gasteiger partial charge in [0.05, 0.1) is 0 Å². The van der Waals surface area contributed by atoms with Gasteiger partial charge in [-0.2, -0.15) is 0 Å². The van der Waals surface area contributed by atoms with Gasteiger partial charge < -0.3 is 0 Å². The van der Waals surface area contributed by atoms with Crippen LogP contribution in [0.2, 0.25) is 0 Å². The van der Waals surface area contributed by atoms with Gasteiger partial charge in [-0.3, -0.25) is 0 Å². The Hall–Kier alpha value is -7.27. The Morgan fingerprint density at radius 2 is 0.900 bits per heavy atom. The minimum Gasteiger partial charge on any atom is -0.208 e. The van der Waals surface area contributed by atoms with Crippen LogP contribution in [0, 0.1) is 0 Å². The van der Waals surface area contributed by atoms with Gasteiger partial charge in [0.1, 0.15) is 0 Å². The zero-order valence-electron chi connectivity index (χ0n) is 33.1. The van der Waals surface area contributed by atoms with Gasteiger partial charge in [-0.05, 0) is 102 Å². The maximum absolute atomic E-state index is 5.31. The molecule has 3 nitrogen and oxygen atoms in total. The Bertz CT molecular complexity index is 3530. The molecule has 0 saturated carbocycles. The van der Waals surface area contributed by atoms with Gasteiger partial charge in [-0.25, -0.2) is 15.0 Å². The molecule has 0 amide bonds. The van der Waals surface area contributed by atoms with Crippen molar-refractivity contribution in [3.63, 3.8) is 0 Å². The van der Waals surface area contributed by atoms with E-state index >= 15 is 0 Å². The number of thiophene rings is 1. The summed E-state index contributed by atoms with van der Waals surface area (Å²) in [6.07, 6.45) is 0. The monoisotopic (exact) mass is 783 g/mol. The number of benzene rings is 9. The zero-order chi connectivity index (χ0) is 40.0. The maximum atomic E-state index is 5.31. The third-order valence-corrected chi connectivity index (χ3v) is 13.8. The molecule has 0 aliphatic heterocycles. The van der Waals surface area contributed by atoms with Crippen LogP contribution in [-0.2, 0) is 5.41 Å². The molecule has 11 aromatic rings. The quantitative estimate of drug-likeness (QED) is 0.174. The average Bonchev–Trinajstić information content (AvgIpc) is 3.80. The van der Waals surface area contributed by atoms with E-state index in [1.807, 2.05) is 0 Å². The number of fused-ring (bicyclic) bond motifs is 8. The summed E-state index contributed by atoms with van der Waals surface area (Å²) >= 11 is 1.79. The molecule has 0 spiro atoms. The van der Waals surface area contributed by atoms with E-state index in [-0.39, 0.29) is 5.41 Å². The molecule has 0 bridgehead atoms. The fourth-order valence-electron chi connectivity index (χ4n) is 9.48. The van der Waals surface area contributed by atoms with Crippen LogP contribution in [0.5, 0.6) is 0 Å². The molecule has 9 aromatic carbocycles. The Balaban J connectivity index is 1.00. The minimum atomic E-state index is -0.0470. The van der Waals surface area contributed by atoms with Crippen LogP contribution in [0.25, 0.3) is 109 Å². The molecule has 2 heterocycles. The average molecular weight is 784 g/mol. The molecule has 60 heavy (non-hydrogen) atoms. The molecule has 0 unspecified atom stereocenters. The van der Waals surface area contributed by atoms with E-state index in [0.717, 1.165) is 32.8 Å². The van der Waals surface area contributed by atoms with Gasteiger partial charge in [0, 0.05) is 42.3 Å². The van der Waals surface area contributed by atoms with Crippen LogP contribution in [0.3, 0.4) is 0 Å². The van der Waals surface area contributed by atoms with Gasteiger partial charge >= 0.3 is 0 Å². The number of nitrogens with zero attached hydrogens (tertiary/aromatic N) is 3. The summed E-state index contributed by atoms with van der Waals surface area (Å²) in [6.45, 7) is 4.68. The van der Waals surface area contributed by atoms with Crippen molar-refractivity contribution in [1.29, 1.82) is 0 Å². The first-order valence-electron chi connectivity index (χ1n) is 20.5. The molecular formula is C56H37N3S. The molecule has 4 heteroatoms. The highest BCUT2D eigenvalue weighted by Crippen LogP contribution is 2.50. The highest BCUT2D eigenvalue weighted by molar-refractivity contribution is 7.26. The standard InChI is InChI=1S/C56H37N3S/c1-56(2)49-21-10-8-17-43(49)44-28-27-38(33-50(44)56)36-23-24-37-32-39(26-25-35(37)31-36)53-57-54(47-30-29-40(34-13-4-3-5-14-34)41-15-6-7-16-42(41)47)59-55(58-53)48-20-12-19-46-45-18-9-11-22-51(45)60-52(46)48/h3-33H,1-2H3.